The van der Waals surface area contributed by atoms with Gasteiger partial charge >= 0.3 is 0 Å². The molecule has 2 fully saturated rings. The first-order valence-corrected chi connectivity index (χ1v) is 3.57. The molecule has 0 unspecified atom stereocenters. The molecule has 2 N–H and O–H groups in total. The molecule has 0 amide bonds. The van der Waals surface area contributed by atoms with Gasteiger partial charge in [0.2, 0.25) is 0 Å². The van der Waals surface area contributed by atoms with E-state index >= 15 is 0 Å². The summed E-state index contributed by atoms with van der Waals surface area (Å²) >= 11 is 0. The Balaban J connectivity index is 1.81. The fraction of sp³-hybridized carbons (Fsp3) is 1.00. The summed E-state index contributed by atoms with van der Waals surface area (Å²) in [4.78, 5) is 0. The van der Waals surface area contributed by atoms with Crippen LogP contribution in [-0.2, 0) is 0 Å². The van der Waals surface area contributed by atoms with Crippen molar-refractivity contribution in [2.24, 2.45) is 11.7 Å². The van der Waals surface area contributed by atoms with Gasteiger partial charge in [0.25, 0.3) is 0 Å². The average molecular weight is 111 g/mol. The number of hydrogen-bond donors (Lipinski definition) is 1. The monoisotopic (exact) mass is 111 g/mol. The lowest BCUT2D eigenvalue weighted by molar-refractivity contribution is 0.561. The van der Waals surface area contributed by atoms with Crippen LogP contribution in [0.2, 0.25) is 0 Å². The Morgan fingerprint density at radius 1 is 1.38 bits per heavy atom. The van der Waals surface area contributed by atoms with Crippen LogP contribution in [0.3, 0.4) is 0 Å². The summed E-state index contributed by atoms with van der Waals surface area (Å²) in [5, 5.41) is 0. The van der Waals surface area contributed by atoms with Gasteiger partial charge in [0.15, 0.2) is 0 Å². The predicted octanol–water partition coefficient (Wildman–Crippen LogP) is 1.28. The summed E-state index contributed by atoms with van der Waals surface area (Å²) in [6, 6.07) is 0. The fourth-order valence-electron chi connectivity index (χ4n) is 1.26. The summed E-state index contributed by atoms with van der Waals surface area (Å²) in [7, 11) is 0. The molecule has 0 atom stereocenters. The summed E-state index contributed by atoms with van der Waals surface area (Å²) in [5.41, 5.74) is 6.22. The van der Waals surface area contributed by atoms with E-state index in [9.17, 15) is 0 Å². The van der Waals surface area contributed by atoms with Crippen LogP contribution in [0.5, 0.6) is 0 Å². The Morgan fingerprint density at radius 2 is 2.00 bits per heavy atom. The maximum atomic E-state index is 5.89. The van der Waals surface area contributed by atoms with Crippen molar-refractivity contribution < 1.29 is 0 Å². The second kappa shape index (κ2) is 1.27. The van der Waals surface area contributed by atoms with Gasteiger partial charge in [0.05, 0.1) is 0 Å². The summed E-state index contributed by atoms with van der Waals surface area (Å²) in [5.74, 6) is 1.03. The Labute approximate surface area is 50.3 Å². The Kier molecular flexibility index (Phi) is 0.762. The lowest BCUT2D eigenvalue weighted by Gasteiger charge is -2.03. The van der Waals surface area contributed by atoms with Gasteiger partial charge in [-0.05, 0) is 25.2 Å². The van der Waals surface area contributed by atoms with E-state index in [1.165, 1.54) is 32.1 Å². The molecule has 2 rings (SSSR count). The fourth-order valence-corrected chi connectivity index (χ4v) is 1.26. The van der Waals surface area contributed by atoms with Crippen molar-refractivity contribution in [1.82, 2.24) is 0 Å². The van der Waals surface area contributed by atoms with Gasteiger partial charge in [-0.25, -0.2) is 0 Å². The van der Waals surface area contributed by atoms with Crippen LogP contribution in [-0.4, -0.2) is 5.54 Å². The van der Waals surface area contributed by atoms with Crippen molar-refractivity contribution in [2.45, 2.75) is 37.6 Å². The van der Waals surface area contributed by atoms with Gasteiger partial charge in [-0.15, -0.1) is 0 Å². The molecule has 0 spiro atoms. The molecule has 8 heavy (non-hydrogen) atoms. The minimum Gasteiger partial charge on any atom is -0.325 e. The zero-order valence-electron chi connectivity index (χ0n) is 5.19. The van der Waals surface area contributed by atoms with Crippen LogP contribution in [0, 0.1) is 5.92 Å². The van der Waals surface area contributed by atoms with E-state index in [4.69, 9.17) is 5.73 Å². The van der Waals surface area contributed by atoms with Crippen molar-refractivity contribution in [3.8, 4) is 0 Å². The van der Waals surface area contributed by atoms with Crippen LogP contribution in [0.1, 0.15) is 32.1 Å². The summed E-state index contributed by atoms with van der Waals surface area (Å²) in [6.45, 7) is 0. The van der Waals surface area contributed by atoms with Crippen LogP contribution >= 0.6 is 0 Å². The van der Waals surface area contributed by atoms with Gasteiger partial charge in [0.1, 0.15) is 0 Å². The molecular weight excluding hydrogens is 98.1 g/mol. The predicted molar refractivity (Wildman–Crippen MR) is 33.5 cm³/mol. The Morgan fingerprint density at radius 3 is 2.38 bits per heavy atom. The molecule has 2 aliphatic rings. The Hall–Kier alpha value is -0.0400. The van der Waals surface area contributed by atoms with Gasteiger partial charge in [0, 0.05) is 5.54 Å². The highest BCUT2D eigenvalue weighted by atomic mass is 14.8. The minimum atomic E-state index is 0.334. The van der Waals surface area contributed by atoms with E-state index in [2.05, 4.69) is 0 Å². The lowest BCUT2D eigenvalue weighted by atomic mass is 10.1. The van der Waals surface area contributed by atoms with Gasteiger partial charge in [-0.3, -0.25) is 0 Å². The molecule has 46 valence electrons. The number of nitrogens with two attached hydrogens (primary N) is 1. The molecule has 2 saturated carbocycles. The second-order valence-corrected chi connectivity index (χ2v) is 3.51. The van der Waals surface area contributed by atoms with Gasteiger partial charge in [-0.2, -0.15) is 0 Å². The van der Waals surface area contributed by atoms with Crippen molar-refractivity contribution in [1.29, 1.82) is 0 Å². The molecule has 0 aromatic carbocycles. The molecule has 1 heteroatoms. The maximum Gasteiger partial charge on any atom is 0.0158 e. The third-order valence-electron chi connectivity index (χ3n) is 2.28. The van der Waals surface area contributed by atoms with E-state index in [-0.39, 0.29) is 0 Å². The lowest BCUT2D eigenvalue weighted by Crippen LogP contribution is -2.21. The van der Waals surface area contributed by atoms with Crippen molar-refractivity contribution in [3.63, 3.8) is 0 Å². The third-order valence-corrected chi connectivity index (χ3v) is 2.28. The van der Waals surface area contributed by atoms with E-state index in [1.807, 2.05) is 0 Å². The highest BCUT2D eigenvalue weighted by Gasteiger charge is 2.42. The summed E-state index contributed by atoms with van der Waals surface area (Å²) < 4.78 is 0. The van der Waals surface area contributed by atoms with Crippen LogP contribution in [0.25, 0.3) is 0 Å². The van der Waals surface area contributed by atoms with Crippen molar-refractivity contribution in [2.75, 3.05) is 0 Å². The van der Waals surface area contributed by atoms with Crippen molar-refractivity contribution in [3.05, 3.63) is 0 Å². The number of rotatable bonds is 2. The van der Waals surface area contributed by atoms with Crippen LogP contribution in [0.15, 0.2) is 0 Å². The zero-order valence-corrected chi connectivity index (χ0v) is 5.19. The maximum absolute atomic E-state index is 5.89. The van der Waals surface area contributed by atoms with Crippen LogP contribution < -0.4 is 5.73 Å². The molecule has 0 bridgehead atoms. The van der Waals surface area contributed by atoms with E-state index in [1.54, 1.807) is 0 Å². The first-order chi connectivity index (χ1) is 3.79. The minimum absolute atomic E-state index is 0.334. The second-order valence-electron chi connectivity index (χ2n) is 3.51. The highest BCUT2D eigenvalue weighted by molar-refractivity contribution is 5.01. The normalized spacial score (nSPS) is 32.6. The van der Waals surface area contributed by atoms with E-state index in [0.29, 0.717) is 5.54 Å². The third kappa shape index (κ3) is 0.873. The van der Waals surface area contributed by atoms with Gasteiger partial charge in [-0.1, -0.05) is 12.8 Å². The van der Waals surface area contributed by atoms with E-state index in [0.717, 1.165) is 5.92 Å². The summed E-state index contributed by atoms with van der Waals surface area (Å²) in [6.07, 6.45) is 6.83. The largest absolute Gasteiger partial charge is 0.325 e. The SMILES string of the molecule is NC1(CC2CC2)CC1. The highest BCUT2D eigenvalue weighted by Crippen LogP contribution is 2.45. The Bertz CT molecular complexity index is 101. The van der Waals surface area contributed by atoms with Gasteiger partial charge < -0.3 is 5.73 Å². The molecule has 0 aromatic heterocycles. The standard InChI is InChI=1S/C7H13N/c8-7(3-4-7)5-6-1-2-6/h6H,1-5,8H2. The molecule has 0 saturated heterocycles. The van der Waals surface area contributed by atoms with Crippen LogP contribution in [0.4, 0.5) is 0 Å². The first-order valence-electron chi connectivity index (χ1n) is 3.57. The molecule has 0 radical (unpaired) electrons. The smallest absolute Gasteiger partial charge is 0.0158 e. The molecule has 0 aliphatic heterocycles. The number of hydrogen-bond acceptors (Lipinski definition) is 1. The molecule has 0 heterocycles. The molecular formula is C7H13N. The quantitative estimate of drug-likeness (QED) is 0.570. The molecule has 1 nitrogen and oxygen atoms in total. The topological polar surface area (TPSA) is 26.0 Å². The zero-order chi connectivity index (χ0) is 5.61. The average Bonchev–Trinajstić information content (AvgIpc) is 2.49. The molecule has 0 aromatic rings. The molecule has 2 aliphatic carbocycles. The first kappa shape index (κ1) is 4.80. The van der Waals surface area contributed by atoms with E-state index < -0.39 is 0 Å². The van der Waals surface area contributed by atoms with Crippen molar-refractivity contribution >= 4 is 0 Å².